The van der Waals surface area contributed by atoms with Crippen molar-refractivity contribution in [3.63, 3.8) is 0 Å². The van der Waals surface area contributed by atoms with Crippen molar-refractivity contribution < 1.29 is 14.7 Å². The van der Waals surface area contributed by atoms with Crippen molar-refractivity contribution in [2.24, 2.45) is 5.92 Å². The zero-order chi connectivity index (χ0) is 18.1. The van der Waals surface area contributed by atoms with E-state index < -0.39 is 11.9 Å². The Morgan fingerprint density at radius 1 is 1.36 bits per heavy atom. The number of fused-ring (bicyclic) bond motifs is 1. The van der Waals surface area contributed by atoms with Crippen molar-refractivity contribution >= 4 is 35.1 Å². The van der Waals surface area contributed by atoms with E-state index in [1.54, 1.807) is 29.8 Å². The molecule has 1 heterocycles. The second-order valence-corrected chi connectivity index (χ2v) is 6.93. The van der Waals surface area contributed by atoms with Gasteiger partial charge in [-0.25, -0.2) is 4.68 Å². The maximum Gasteiger partial charge on any atom is 0.308 e. The van der Waals surface area contributed by atoms with Crippen molar-refractivity contribution in [3.8, 4) is 5.69 Å². The number of benzene rings is 1. The molecule has 1 atom stereocenters. The van der Waals surface area contributed by atoms with E-state index in [0.717, 1.165) is 30.5 Å². The first kappa shape index (κ1) is 17.8. The van der Waals surface area contributed by atoms with Gasteiger partial charge in [-0.3, -0.25) is 9.59 Å². The number of rotatable bonds is 5. The summed E-state index contributed by atoms with van der Waals surface area (Å²) in [6, 6.07) is 5.13. The quantitative estimate of drug-likeness (QED) is 0.832. The molecular weight excluding hydrogens is 365 g/mol. The SMILES string of the molecule is CC(CNC(=O)c1nn(-c2ccc(Cl)cc2Cl)c2c1CCC2)C(=O)O. The molecule has 0 spiro atoms. The molecule has 2 N–H and O–H groups in total. The Bertz CT molecular complexity index is 848. The maximum absolute atomic E-state index is 12.5. The number of carboxylic acid groups (broad SMARTS) is 1. The largest absolute Gasteiger partial charge is 0.481 e. The third kappa shape index (κ3) is 3.50. The minimum absolute atomic E-state index is 0.0531. The van der Waals surface area contributed by atoms with Crippen molar-refractivity contribution in [1.29, 1.82) is 0 Å². The molecule has 25 heavy (non-hydrogen) atoms. The fourth-order valence-corrected chi connectivity index (χ4v) is 3.38. The number of hydrogen-bond acceptors (Lipinski definition) is 3. The number of carboxylic acids is 1. The standard InChI is InChI=1S/C17H17Cl2N3O3/c1-9(17(24)25)8-20-16(23)15-11-3-2-4-13(11)22(21-15)14-6-5-10(18)7-12(14)19/h5-7,9H,2-4,8H2,1H3,(H,20,23)(H,24,25). The highest BCUT2D eigenvalue weighted by Crippen LogP contribution is 2.31. The van der Waals surface area contributed by atoms with Crippen LogP contribution in [0.2, 0.25) is 10.0 Å². The average molecular weight is 382 g/mol. The molecule has 8 heteroatoms. The lowest BCUT2D eigenvalue weighted by atomic mass is 10.1. The van der Waals surface area contributed by atoms with E-state index >= 15 is 0 Å². The molecule has 3 rings (SSSR count). The van der Waals surface area contributed by atoms with Gasteiger partial charge in [0.15, 0.2) is 5.69 Å². The molecule has 6 nitrogen and oxygen atoms in total. The third-order valence-electron chi connectivity index (χ3n) is 4.27. The van der Waals surface area contributed by atoms with E-state index in [0.29, 0.717) is 21.4 Å². The first-order valence-electron chi connectivity index (χ1n) is 7.95. The van der Waals surface area contributed by atoms with Crippen molar-refractivity contribution in [2.45, 2.75) is 26.2 Å². The molecule has 1 unspecified atom stereocenters. The molecule has 0 fully saturated rings. The molecule has 132 valence electrons. The predicted molar refractivity (Wildman–Crippen MR) is 94.7 cm³/mol. The van der Waals surface area contributed by atoms with Gasteiger partial charge in [-0.15, -0.1) is 0 Å². The van der Waals surface area contributed by atoms with Crippen LogP contribution in [0.4, 0.5) is 0 Å². The van der Waals surface area contributed by atoms with Crippen molar-refractivity contribution in [1.82, 2.24) is 15.1 Å². The number of nitrogens with zero attached hydrogens (tertiary/aromatic N) is 2. The van der Waals surface area contributed by atoms with E-state index in [2.05, 4.69) is 10.4 Å². The Morgan fingerprint density at radius 2 is 2.12 bits per heavy atom. The first-order valence-corrected chi connectivity index (χ1v) is 8.71. The van der Waals surface area contributed by atoms with Gasteiger partial charge in [0.1, 0.15) is 0 Å². The molecule has 2 aromatic rings. The molecule has 0 aliphatic heterocycles. The van der Waals surface area contributed by atoms with Crippen LogP contribution in [0.5, 0.6) is 0 Å². The van der Waals surface area contributed by atoms with Crippen molar-refractivity contribution in [2.75, 3.05) is 6.54 Å². The third-order valence-corrected chi connectivity index (χ3v) is 4.81. The lowest BCUT2D eigenvalue weighted by Gasteiger charge is -2.08. The summed E-state index contributed by atoms with van der Waals surface area (Å²) in [4.78, 5) is 23.4. The van der Waals surface area contributed by atoms with Gasteiger partial charge in [-0.05, 0) is 37.5 Å². The summed E-state index contributed by atoms with van der Waals surface area (Å²) in [5.41, 5.74) is 2.85. The van der Waals surface area contributed by atoms with Gasteiger partial charge in [-0.1, -0.05) is 30.1 Å². The Balaban J connectivity index is 1.92. The Hall–Kier alpha value is -2.05. The van der Waals surface area contributed by atoms with Gasteiger partial charge < -0.3 is 10.4 Å². The molecule has 1 aromatic carbocycles. The van der Waals surface area contributed by atoms with Gasteiger partial charge in [0.05, 0.1) is 16.6 Å². The predicted octanol–water partition coefficient (Wildman–Crippen LogP) is 3.12. The summed E-state index contributed by atoms with van der Waals surface area (Å²) < 4.78 is 1.69. The molecule has 0 saturated carbocycles. The highest BCUT2D eigenvalue weighted by atomic mass is 35.5. The molecule has 1 amide bonds. The second kappa shape index (κ2) is 7.06. The normalized spacial score (nSPS) is 14.2. The Labute approximate surface area is 154 Å². The van der Waals surface area contributed by atoms with Gasteiger partial charge in [0.25, 0.3) is 5.91 Å². The topological polar surface area (TPSA) is 84.2 Å². The zero-order valence-electron chi connectivity index (χ0n) is 13.6. The van der Waals surface area contributed by atoms with Crippen LogP contribution in [-0.2, 0) is 17.6 Å². The smallest absolute Gasteiger partial charge is 0.308 e. The molecule has 1 aliphatic carbocycles. The molecular formula is C17H17Cl2N3O3. The summed E-state index contributed by atoms with van der Waals surface area (Å²) in [6.45, 7) is 1.59. The van der Waals surface area contributed by atoms with Crippen LogP contribution in [0.1, 0.15) is 35.1 Å². The number of aromatic nitrogens is 2. The van der Waals surface area contributed by atoms with E-state index in [1.807, 2.05) is 0 Å². The van der Waals surface area contributed by atoms with Gasteiger partial charge >= 0.3 is 5.97 Å². The van der Waals surface area contributed by atoms with E-state index in [4.69, 9.17) is 28.3 Å². The van der Waals surface area contributed by atoms with Gasteiger partial charge in [0.2, 0.25) is 0 Å². The number of nitrogens with one attached hydrogen (secondary N) is 1. The molecule has 1 aromatic heterocycles. The Morgan fingerprint density at radius 3 is 2.80 bits per heavy atom. The molecule has 0 bridgehead atoms. The Kier molecular flexibility index (Phi) is 5.01. The highest BCUT2D eigenvalue weighted by molar-refractivity contribution is 6.35. The fraction of sp³-hybridized carbons (Fsp3) is 0.353. The lowest BCUT2D eigenvalue weighted by molar-refractivity contribution is -0.140. The minimum atomic E-state index is -0.955. The number of hydrogen-bond donors (Lipinski definition) is 2. The van der Waals surface area contributed by atoms with E-state index in [1.165, 1.54) is 0 Å². The molecule has 0 radical (unpaired) electrons. The van der Waals surface area contributed by atoms with Crippen LogP contribution in [0.25, 0.3) is 5.69 Å². The first-order chi connectivity index (χ1) is 11.9. The van der Waals surface area contributed by atoms with Crippen LogP contribution in [0, 0.1) is 5.92 Å². The lowest BCUT2D eigenvalue weighted by Crippen LogP contribution is -2.32. The van der Waals surface area contributed by atoms with Crippen LogP contribution in [-0.4, -0.2) is 33.3 Å². The van der Waals surface area contributed by atoms with Gasteiger partial charge in [0, 0.05) is 22.8 Å². The zero-order valence-corrected chi connectivity index (χ0v) is 15.1. The van der Waals surface area contributed by atoms with Crippen LogP contribution in [0.15, 0.2) is 18.2 Å². The maximum atomic E-state index is 12.5. The monoisotopic (exact) mass is 381 g/mol. The van der Waals surface area contributed by atoms with Gasteiger partial charge in [-0.2, -0.15) is 5.10 Å². The summed E-state index contributed by atoms with van der Waals surface area (Å²) in [6.07, 6.45) is 2.50. The number of amides is 1. The van der Waals surface area contributed by atoms with Crippen molar-refractivity contribution in [3.05, 3.63) is 45.2 Å². The van der Waals surface area contributed by atoms with E-state index in [9.17, 15) is 9.59 Å². The number of halogens is 2. The molecule has 1 aliphatic rings. The van der Waals surface area contributed by atoms with Crippen LogP contribution < -0.4 is 5.32 Å². The summed E-state index contributed by atoms with van der Waals surface area (Å²) in [5, 5.41) is 17.0. The number of carbonyl (C=O) groups excluding carboxylic acids is 1. The minimum Gasteiger partial charge on any atom is -0.481 e. The van der Waals surface area contributed by atoms with Crippen LogP contribution in [0.3, 0.4) is 0 Å². The summed E-state index contributed by atoms with van der Waals surface area (Å²) in [5.74, 6) is -1.98. The summed E-state index contributed by atoms with van der Waals surface area (Å²) >= 11 is 12.2. The molecule has 0 saturated heterocycles. The average Bonchev–Trinajstić information content (AvgIpc) is 3.15. The van der Waals surface area contributed by atoms with E-state index in [-0.39, 0.29) is 12.5 Å². The number of aliphatic carboxylic acids is 1. The van der Waals surface area contributed by atoms with Crippen LogP contribution >= 0.6 is 23.2 Å². The fourth-order valence-electron chi connectivity index (χ4n) is 2.89. The number of carbonyl (C=O) groups is 2. The highest BCUT2D eigenvalue weighted by Gasteiger charge is 2.28. The second-order valence-electron chi connectivity index (χ2n) is 6.08. The summed E-state index contributed by atoms with van der Waals surface area (Å²) in [7, 11) is 0.